The van der Waals surface area contributed by atoms with Gasteiger partial charge < -0.3 is 4.74 Å². The molecular formula is C16H24O2. The molecule has 1 rings (SSSR count). The van der Waals surface area contributed by atoms with Crippen molar-refractivity contribution in [3.63, 3.8) is 0 Å². The number of hydrogen-bond acceptors (Lipinski definition) is 2. The first-order valence-electron chi connectivity index (χ1n) is 6.93. The lowest BCUT2D eigenvalue weighted by Crippen LogP contribution is -2.06. The largest absolute Gasteiger partial charge is 0.491 e. The van der Waals surface area contributed by atoms with Crippen LogP contribution in [0.4, 0.5) is 0 Å². The fraction of sp³-hybridized carbons (Fsp3) is 0.562. The summed E-state index contributed by atoms with van der Waals surface area (Å²) in [6, 6.07) is 7.47. The van der Waals surface area contributed by atoms with Crippen LogP contribution in [0.15, 0.2) is 24.3 Å². The Kier molecular flexibility index (Phi) is 6.48. The summed E-state index contributed by atoms with van der Waals surface area (Å²) in [6.45, 7) is 6.16. The third kappa shape index (κ3) is 5.35. The molecule has 2 heteroatoms. The second kappa shape index (κ2) is 7.91. The summed E-state index contributed by atoms with van der Waals surface area (Å²) >= 11 is 0. The van der Waals surface area contributed by atoms with Crippen molar-refractivity contribution in [3.05, 3.63) is 29.8 Å². The molecule has 0 spiro atoms. The van der Waals surface area contributed by atoms with E-state index < -0.39 is 0 Å². The Morgan fingerprint density at radius 2 is 1.78 bits per heavy atom. The van der Waals surface area contributed by atoms with Gasteiger partial charge in [-0.3, -0.25) is 4.79 Å². The Bertz CT molecular complexity index is 352. The molecule has 0 bridgehead atoms. The van der Waals surface area contributed by atoms with Crippen molar-refractivity contribution in [1.82, 2.24) is 0 Å². The number of carbonyl (C=O) groups excluding carboxylic acids is 1. The van der Waals surface area contributed by atoms with Gasteiger partial charge in [-0.2, -0.15) is 0 Å². The summed E-state index contributed by atoms with van der Waals surface area (Å²) in [4.78, 5) is 11.9. The van der Waals surface area contributed by atoms with E-state index in [4.69, 9.17) is 4.74 Å². The molecule has 1 aromatic rings. The summed E-state index contributed by atoms with van der Waals surface area (Å²) in [6.07, 6.45) is 5.39. The average Bonchev–Trinajstić information content (AvgIpc) is 2.34. The van der Waals surface area contributed by atoms with Gasteiger partial charge in [0.05, 0.1) is 6.10 Å². The van der Waals surface area contributed by atoms with E-state index in [2.05, 4.69) is 6.92 Å². The lowest BCUT2D eigenvalue weighted by molar-refractivity contribution is 0.0979. The molecule has 0 atom stereocenters. The predicted octanol–water partition coefficient (Wildman–Crippen LogP) is 4.63. The maximum atomic E-state index is 11.9. The van der Waals surface area contributed by atoms with Crippen molar-refractivity contribution in [2.45, 2.75) is 59.0 Å². The summed E-state index contributed by atoms with van der Waals surface area (Å²) in [5, 5.41) is 0. The molecule has 0 radical (unpaired) electrons. The Morgan fingerprint density at radius 1 is 1.11 bits per heavy atom. The highest BCUT2D eigenvalue weighted by Gasteiger charge is 2.06. The number of ether oxygens (including phenoxy) is 1. The molecule has 1 aromatic carbocycles. The second-order valence-corrected chi connectivity index (χ2v) is 4.92. The number of unbranched alkanes of at least 4 members (excludes halogenated alkanes) is 3. The minimum absolute atomic E-state index is 0.167. The summed E-state index contributed by atoms with van der Waals surface area (Å²) < 4.78 is 5.55. The minimum Gasteiger partial charge on any atom is -0.491 e. The first kappa shape index (κ1) is 14.7. The van der Waals surface area contributed by atoms with Gasteiger partial charge in [-0.25, -0.2) is 0 Å². The van der Waals surface area contributed by atoms with Gasteiger partial charge >= 0.3 is 0 Å². The molecule has 0 unspecified atom stereocenters. The zero-order valence-electron chi connectivity index (χ0n) is 11.7. The van der Waals surface area contributed by atoms with Gasteiger partial charge in [-0.1, -0.05) is 26.2 Å². The first-order chi connectivity index (χ1) is 8.63. The standard InChI is InChI=1S/C16H24O2/c1-4-5-6-7-8-16(17)14-9-11-15(12-10-14)18-13(2)3/h9-13H,4-8H2,1-3H3. The Hall–Kier alpha value is -1.31. The normalized spacial score (nSPS) is 10.7. The number of hydrogen-bond donors (Lipinski definition) is 0. The Labute approximate surface area is 110 Å². The highest BCUT2D eigenvalue weighted by molar-refractivity contribution is 5.96. The van der Waals surface area contributed by atoms with Crippen LogP contribution in [0, 0.1) is 0 Å². The zero-order valence-corrected chi connectivity index (χ0v) is 11.7. The van der Waals surface area contributed by atoms with Crippen molar-refractivity contribution in [2.75, 3.05) is 0 Å². The Balaban J connectivity index is 2.43. The lowest BCUT2D eigenvalue weighted by atomic mass is 10.0. The highest BCUT2D eigenvalue weighted by atomic mass is 16.5. The van der Waals surface area contributed by atoms with Gasteiger partial charge in [0.15, 0.2) is 5.78 Å². The van der Waals surface area contributed by atoms with Gasteiger partial charge in [0.2, 0.25) is 0 Å². The quantitative estimate of drug-likeness (QED) is 0.495. The van der Waals surface area contributed by atoms with Crippen LogP contribution < -0.4 is 4.74 Å². The fourth-order valence-corrected chi connectivity index (χ4v) is 1.85. The molecule has 0 aliphatic rings. The predicted molar refractivity (Wildman–Crippen MR) is 75.3 cm³/mol. The van der Waals surface area contributed by atoms with Crippen molar-refractivity contribution in [3.8, 4) is 5.75 Å². The average molecular weight is 248 g/mol. The number of rotatable bonds is 8. The molecule has 0 aliphatic carbocycles. The van der Waals surface area contributed by atoms with Crippen molar-refractivity contribution in [2.24, 2.45) is 0 Å². The molecular weight excluding hydrogens is 224 g/mol. The van der Waals surface area contributed by atoms with E-state index in [1.54, 1.807) is 0 Å². The zero-order chi connectivity index (χ0) is 13.4. The number of carbonyl (C=O) groups is 1. The van der Waals surface area contributed by atoms with E-state index in [1.165, 1.54) is 12.8 Å². The summed E-state index contributed by atoms with van der Waals surface area (Å²) in [7, 11) is 0. The van der Waals surface area contributed by atoms with Gasteiger partial charge in [-0.15, -0.1) is 0 Å². The van der Waals surface area contributed by atoms with Gasteiger partial charge in [-0.05, 0) is 44.5 Å². The Morgan fingerprint density at radius 3 is 2.33 bits per heavy atom. The minimum atomic E-state index is 0.167. The monoisotopic (exact) mass is 248 g/mol. The molecule has 2 nitrogen and oxygen atoms in total. The highest BCUT2D eigenvalue weighted by Crippen LogP contribution is 2.16. The van der Waals surface area contributed by atoms with E-state index in [0.717, 1.165) is 24.2 Å². The lowest BCUT2D eigenvalue weighted by Gasteiger charge is -2.09. The number of Topliss-reactive ketones (excluding diaryl/α,β-unsaturated/α-hetero) is 1. The molecule has 100 valence electrons. The van der Waals surface area contributed by atoms with Crippen LogP contribution in [-0.4, -0.2) is 11.9 Å². The molecule has 0 aliphatic heterocycles. The van der Waals surface area contributed by atoms with E-state index in [-0.39, 0.29) is 11.9 Å². The SMILES string of the molecule is CCCCCCC(=O)c1ccc(OC(C)C)cc1. The van der Waals surface area contributed by atoms with Crippen LogP contribution in [0.2, 0.25) is 0 Å². The third-order valence-electron chi connectivity index (χ3n) is 2.81. The van der Waals surface area contributed by atoms with Crippen LogP contribution in [-0.2, 0) is 0 Å². The smallest absolute Gasteiger partial charge is 0.162 e. The van der Waals surface area contributed by atoms with Crippen LogP contribution in [0.25, 0.3) is 0 Å². The second-order valence-electron chi connectivity index (χ2n) is 4.92. The maximum Gasteiger partial charge on any atom is 0.162 e. The topological polar surface area (TPSA) is 26.3 Å². The van der Waals surface area contributed by atoms with Crippen LogP contribution in [0.3, 0.4) is 0 Å². The molecule has 18 heavy (non-hydrogen) atoms. The van der Waals surface area contributed by atoms with Gasteiger partial charge in [0.25, 0.3) is 0 Å². The molecule has 0 heterocycles. The van der Waals surface area contributed by atoms with Crippen LogP contribution >= 0.6 is 0 Å². The molecule has 0 aromatic heterocycles. The van der Waals surface area contributed by atoms with E-state index in [9.17, 15) is 4.79 Å². The van der Waals surface area contributed by atoms with E-state index >= 15 is 0 Å². The fourth-order valence-electron chi connectivity index (χ4n) is 1.85. The van der Waals surface area contributed by atoms with Crippen LogP contribution in [0.5, 0.6) is 5.75 Å². The molecule has 0 saturated heterocycles. The molecule has 0 amide bonds. The summed E-state index contributed by atoms with van der Waals surface area (Å²) in [5.74, 6) is 1.06. The summed E-state index contributed by atoms with van der Waals surface area (Å²) in [5.41, 5.74) is 0.794. The molecule has 0 N–H and O–H groups in total. The third-order valence-corrected chi connectivity index (χ3v) is 2.81. The molecule has 0 fully saturated rings. The first-order valence-corrected chi connectivity index (χ1v) is 6.93. The number of ketones is 1. The van der Waals surface area contributed by atoms with Crippen LogP contribution in [0.1, 0.15) is 63.2 Å². The molecule has 0 saturated carbocycles. The maximum absolute atomic E-state index is 11.9. The van der Waals surface area contributed by atoms with Crippen molar-refractivity contribution < 1.29 is 9.53 Å². The van der Waals surface area contributed by atoms with E-state index in [0.29, 0.717) is 6.42 Å². The van der Waals surface area contributed by atoms with Gasteiger partial charge in [0.1, 0.15) is 5.75 Å². The van der Waals surface area contributed by atoms with Crippen molar-refractivity contribution >= 4 is 5.78 Å². The number of benzene rings is 1. The van der Waals surface area contributed by atoms with Crippen molar-refractivity contribution in [1.29, 1.82) is 0 Å². The van der Waals surface area contributed by atoms with E-state index in [1.807, 2.05) is 38.1 Å². The van der Waals surface area contributed by atoms with Gasteiger partial charge in [0, 0.05) is 12.0 Å².